The van der Waals surface area contributed by atoms with Crippen molar-refractivity contribution in [1.29, 1.82) is 0 Å². The number of hydrogen-bond acceptors (Lipinski definition) is 4. The van der Waals surface area contributed by atoms with E-state index in [9.17, 15) is 9.59 Å². The van der Waals surface area contributed by atoms with Crippen molar-refractivity contribution in [2.45, 2.75) is 6.92 Å². The molecular weight excluding hydrogens is 160 g/mol. The van der Waals surface area contributed by atoms with Crippen LogP contribution in [0.3, 0.4) is 0 Å². The first-order chi connectivity index (χ1) is 5.66. The van der Waals surface area contributed by atoms with E-state index in [0.717, 1.165) is 0 Å². The Labute approximate surface area is 71.5 Å². The van der Waals surface area contributed by atoms with Crippen molar-refractivity contribution in [3.05, 3.63) is 0 Å². The highest BCUT2D eigenvalue weighted by Gasteiger charge is 1.97. The highest BCUT2D eigenvalue weighted by atomic mass is 16.5. The summed E-state index contributed by atoms with van der Waals surface area (Å²) in [5.74, 6) is -0.382. The van der Waals surface area contributed by atoms with E-state index in [-0.39, 0.29) is 18.4 Å². The number of esters is 1. The molecule has 0 rings (SSSR count). The molecule has 12 heavy (non-hydrogen) atoms. The monoisotopic (exact) mass is 174 g/mol. The number of rotatable bonds is 5. The second kappa shape index (κ2) is 6.60. The maximum atomic E-state index is 10.5. The lowest BCUT2D eigenvalue weighted by molar-refractivity contribution is -0.139. The second-order valence-corrected chi connectivity index (χ2v) is 2.24. The molecule has 5 nitrogen and oxygen atoms in total. The minimum Gasteiger partial charge on any atom is -0.468 e. The molecule has 0 aliphatic heterocycles. The topological polar surface area (TPSA) is 67.4 Å². The zero-order chi connectivity index (χ0) is 9.40. The number of methoxy groups -OCH3 is 1. The summed E-state index contributed by atoms with van der Waals surface area (Å²) in [4.78, 5) is 20.9. The highest BCUT2D eigenvalue weighted by molar-refractivity contribution is 5.73. The Morgan fingerprint density at radius 2 is 2.00 bits per heavy atom. The number of nitrogens with one attached hydrogen (secondary N) is 2. The van der Waals surface area contributed by atoms with Gasteiger partial charge < -0.3 is 15.4 Å². The van der Waals surface area contributed by atoms with Gasteiger partial charge in [-0.2, -0.15) is 0 Å². The largest absolute Gasteiger partial charge is 0.468 e. The molecule has 5 heteroatoms. The lowest BCUT2D eigenvalue weighted by Gasteiger charge is -2.03. The molecule has 0 aromatic carbocycles. The minimum absolute atomic E-state index is 0.0742. The third kappa shape index (κ3) is 7.01. The van der Waals surface area contributed by atoms with Gasteiger partial charge in [-0.3, -0.25) is 9.59 Å². The average Bonchev–Trinajstić information content (AvgIpc) is 2.03. The summed E-state index contributed by atoms with van der Waals surface area (Å²) in [7, 11) is 1.33. The predicted octanol–water partition coefficient (Wildman–Crippen LogP) is -1.11. The molecule has 0 aliphatic rings. The summed E-state index contributed by atoms with van der Waals surface area (Å²) >= 11 is 0. The molecule has 0 spiro atoms. The molecule has 0 radical (unpaired) electrons. The zero-order valence-corrected chi connectivity index (χ0v) is 7.35. The molecular formula is C7H14N2O3. The van der Waals surface area contributed by atoms with E-state index in [0.29, 0.717) is 13.1 Å². The Morgan fingerprint density at radius 1 is 1.33 bits per heavy atom. The molecule has 0 aliphatic carbocycles. The van der Waals surface area contributed by atoms with Crippen molar-refractivity contribution in [2.24, 2.45) is 0 Å². The Kier molecular flexibility index (Phi) is 6.00. The molecule has 0 aromatic rings. The summed E-state index contributed by atoms with van der Waals surface area (Å²) in [5, 5.41) is 5.39. The van der Waals surface area contributed by atoms with Crippen molar-refractivity contribution in [3.8, 4) is 0 Å². The van der Waals surface area contributed by atoms with E-state index in [2.05, 4.69) is 15.4 Å². The molecule has 0 fully saturated rings. The van der Waals surface area contributed by atoms with Crippen LogP contribution in [0.5, 0.6) is 0 Å². The lowest BCUT2D eigenvalue weighted by atomic mass is 10.5. The quantitative estimate of drug-likeness (QED) is 0.409. The van der Waals surface area contributed by atoms with E-state index in [1.54, 1.807) is 0 Å². The maximum absolute atomic E-state index is 10.5. The smallest absolute Gasteiger partial charge is 0.319 e. The van der Waals surface area contributed by atoms with Crippen molar-refractivity contribution in [2.75, 3.05) is 26.7 Å². The first-order valence-corrected chi connectivity index (χ1v) is 3.68. The van der Waals surface area contributed by atoms with Crippen molar-refractivity contribution in [3.63, 3.8) is 0 Å². The predicted molar refractivity (Wildman–Crippen MR) is 43.6 cm³/mol. The van der Waals surface area contributed by atoms with Crippen LogP contribution in [0, 0.1) is 0 Å². The third-order valence-electron chi connectivity index (χ3n) is 1.17. The second-order valence-electron chi connectivity index (χ2n) is 2.24. The fraction of sp³-hybridized carbons (Fsp3) is 0.714. The van der Waals surface area contributed by atoms with E-state index >= 15 is 0 Å². The van der Waals surface area contributed by atoms with Gasteiger partial charge in [0.15, 0.2) is 0 Å². The van der Waals surface area contributed by atoms with Crippen LogP contribution in [0.15, 0.2) is 0 Å². The van der Waals surface area contributed by atoms with Crippen molar-refractivity contribution >= 4 is 11.9 Å². The summed E-state index contributed by atoms with van der Waals surface area (Å²) in [6, 6.07) is 0. The molecule has 0 unspecified atom stereocenters. The number of carbonyl (C=O) groups is 2. The Morgan fingerprint density at radius 3 is 2.50 bits per heavy atom. The molecule has 0 aromatic heterocycles. The van der Waals surface area contributed by atoms with Gasteiger partial charge in [0.25, 0.3) is 0 Å². The number of ether oxygens (including phenoxy) is 1. The highest BCUT2D eigenvalue weighted by Crippen LogP contribution is 1.68. The fourth-order valence-corrected chi connectivity index (χ4v) is 0.590. The summed E-state index contributed by atoms with van der Waals surface area (Å²) < 4.78 is 4.39. The van der Waals surface area contributed by atoms with Gasteiger partial charge in [-0.15, -0.1) is 0 Å². The minimum atomic E-state index is -0.308. The summed E-state index contributed by atoms with van der Waals surface area (Å²) in [6.07, 6.45) is 0. The summed E-state index contributed by atoms with van der Waals surface area (Å²) in [5.41, 5.74) is 0. The fourth-order valence-electron chi connectivity index (χ4n) is 0.590. The van der Waals surface area contributed by atoms with E-state index in [4.69, 9.17) is 0 Å². The Balaban J connectivity index is 3.11. The third-order valence-corrected chi connectivity index (χ3v) is 1.17. The molecule has 70 valence electrons. The standard InChI is InChI=1S/C7H14N2O3/c1-6(10)9-4-3-8-5-7(11)12-2/h8H,3-5H2,1-2H3,(H,9,10). The molecule has 0 bridgehead atoms. The van der Waals surface area contributed by atoms with Crippen LogP contribution in [-0.4, -0.2) is 38.6 Å². The number of carbonyl (C=O) groups excluding carboxylic acids is 2. The van der Waals surface area contributed by atoms with Crippen molar-refractivity contribution < 1.29 is 14.3 Å². The van der Waals surface area contributed by atoms with Gasteiger partial charge >= 0.3 is 5.97 Å². The average molecular weight is 174 g/mol. The van der Waals surface area contributed by atoms with Gasteiger partial charge in [-0.1, -0.05) is 0 Å². The first kappa shape index (κ1) is 10.9. The van der Waals surface area contributed by atoms with Crippen LogP contribution in [0.1, 0.15) is 6.92 Å². The maximum Gasteiger partial charge on any atom is 0.319 e. The normalized spacial score (nSPS) is 9.17. The van der Waals surface area contributed by atoms with E-state index < -0.39 is 0 Å². The van der Waals surface area contributed by atoms with E-state index in [1.807, 2.05) is 0 Å². The lowest BCUT2D eigenvalue weighted by Crippen LogP contribution is -2.33. The van der Waals surface area contributed by atoms with Crippen LogP contribution in [-0.2, 0) is 14.3 Å². The van der Waals surface area contributed by atoms with Crippen LogP contribution < -0.4 is 10.6 Å². The summed E-state index contributed by atoms with van der Waals surface area (Å²) in [6.45, 7) is 2.71. The van der Waals surface area contributed by atoms with Gasteiger partial charge in [0.2, 0.25) is 5.91 Å². The van der Waals surface area contributed by atoms with Crippen LogP contribution in [0.25, 0.3) is 0 Å². The number of amides is 1. The van der Waals surface area contributed by atoms with Crippen molar-refractivity contribution in [1.82, 2.24) is 10.6 Å². The van der Waals surface area contributed by atoms with Gasteiger partial charge in [0, 0.05) is 20.0 Å². The molecule has 0 heterocycles. The van der Waals surface area contributed by atoms with Crippen LogP contribution in [0.2, 0.25) is 0 Å². The van der Waals surface area contributed by atoms with E-state index in [1.165, 1.54) is 14.0 Å². The molecule has 0 saturated carbocycles. The zero-order valence-electron chi connectivity index (χ0n) is 7.35. The van der Waals surface area contributed by atoms with Gasteiger partial charge in [-0.25, -0.2) is 0 Å². The van der Waals surface area contributed by atoms with Gasteiger partial charge in [0.1, 0.15) is 0 Å². The molecule has 1 amide bonds. The van der Waals surface area contributed by atoms with Crippen LogP contribution >= 0.6 is 0 Å². The van der Waals surface area contributed by atoms with Gasteiger partial charge in [-0.05, 0) is 0 Å². The molecule has 0 atom stereocenters. The first-order valence-electron chi connectivity index (χ1n) is 3.68. The SMILES string of the molecule is COC(=O)CNCCNC(C)=O. The van der Waals surface area contributed by atoms with Crippen LogP contribution in [0.4, 0.5) is 0 Å². The van der Waals surface area contributed by atoms with Gasteiger partial charge in [0.05, 0.1) is 13.7 Å². The number of hydrogen-bond donors (Lipinski definition) is 2. The molecule has 0 saturated heterocycles. The Bertz CT molecular complexity index is 159. The Hall–Kier alpha value is -1.10. The molecule has 2 N–H and O–H groups in total.